The molecule has 25 heavy (non-hydrogen) atoms. The summed E-state index contributed by atoms with van der Waals surface area (Å²) < 4.78 is 24.0. The van der Waals surface area contributed by atoms with Crippen molar-refractivity contribution in [1.82, 2.24) is 4.98 Å². The van der Waals surface area contributed by atoms with Crippen molar-refractivity contribution < 1.29 is 23.7 Å². The van der Waals surface area contributed by atoms with Crippen LogP contribution in [-0.2, 0) is 25.4 Å². The van der Waals surface area contributed by atoms with Gasteiger partial charge >= 0.3 is 0 Å². The molecule has 0 unspecified atom stereocenters. The summed E-state index contributed by atoms with van der Waals surface area (Å²) in [6.07, 6.45) is 1.41. The Morgan fingerprint density at radius 2 is 1.84 bits per heavy atom. The zero-order valence-corrected chi connectivity index (χ0v) is 15.2. The molecule has 6 heteroatoms. The molecule has 2 saturated heterocycles. The number of carbonyl (C=O) groups is 1. The Kier molecular flexibility index (Phi) is 3.99. The van der Waals surface area contributed by atoms with E-state index in [1.165, 1.54) is 0 Å². The van der Waals surface area contributed by atoms with E-state index in [9.17, 15) is 4.79 Å². The van der Waals surface area contributed by atoms with Crippen LogP contribution in [0.4, 0.5) is 0 Å². The van der Waals surface area contributed by atoms with Gasteiger partial charge in [0.2, 0.25) is 0 Å². The van der Waals surface area contributed by atoms with E-state index in [1.807, 2.05) is 39.8 Å². The zero-order valence-electron chi connectivity index (χ0n) is 15.2. The summed E-state index contributed by atoms with van der Waals surface area (Å²) in [7, 11) is 0. The maximum Gasteiger partial charge on any atom is 0.164 e. The van der Waals surface area contributed by atoms with E-state index in [0.29, 0.717) is 13.0 Å². The monoisotopic (exact) mass is 347 g/mol. The summed E-state index contributed by atoms with van der Waals surface area (Å²) >= 11 is 0. The van der Waals surface area contributed by atoms with Crippen molar-refractivity contribution in [2.75, 3.05) is 6.61 Å². The lowest BCUT2D eigenvalue weighted by Crippen LogP contribution is -2.35. The highest BCUT2D eigenvalue weighted by Crippen LogP contribution is 2.42. The predicted molar refractivity (Wildman–Crippen MR) is 89.2 cm³/mol. The van der Waals surface area contributed by atoms with Gasteiger partial charge in [-0.3, -0.25) is 9.78 Å². The first-order chi connectivity index (χ1) is 11.7. The number of ether oxygens (including phenoxy) is 4. The third-order valence-electron chi connectivity index (χ3n) is 4.93. The SMILES string of the molecule is CC1(C)OC[C@@H]([C@@H]2OC(C)(C)O[C@H]2c2ccc3c(n2)CCCC3=O)O1. The molecule has 0 aromatic carbocycles. The summed E-state index contributed by atoms with van der Waals surface area (Å²) in [5, 5.41) is 0. The molecule has 0 spiro atoms. The number of hydrogen-bond acceptors (Lipinski definition) is 6. The molecular weight excluding hydrogens is 322 g/mol. The smallest absolute Gasteiger partial charge is 0.164 e. The maximum absolute atomic E-state index is 12.0. The quantitative estimate of drug-likeness (QED) is 0.819. The molecule has 0 saturated carbocycles. The Bertz CT molecular complexity index is 699. The Labute approximate surface area is 147 Å². The van der Waals surface area contributed by atoms with Crippen LogP contribution in [0.3, 0.4) is 0 Å². The Morgan fingerprint density at radius 3 is 2.56 bits per heavy atom. The van der Waals surface area contributed by atoms with Gasteiger partial charge in [-0.15, -0.1) is 0 Å². The van der Waals surface area contributed by atoms with Crippen LogP contribution in [0.1, 0.15) is 68.4 Å². The van der Waals surface area contributed by atoms with Gasteiger partial charge in [-0.25, -0.2) is 0 Å². The molecule has 3 aliphatic rings. The van der Waals surface area contributed by atoms with Gasteiger partial charge in [0.15, 0.2) is 17.4 Å². The van der Waals surface area contributed by atoms with Crippen molar-refractivity contribution >= 4 is 5.78 Å². The fourth-order valence-electron chi connectivity index (χ4n) is 3.84. The van der Waals surface area contributed by atoms with Crippen LogP contribution < -0.4 is 0 Å². The van der Waals surface area contributed by atoms with Crippen molar-refractivity contribution in [3.63, 3.8) is 0 Å². The van der Waals surface area contributed by atoms with Crippen molar-refractivity contribution in [1.29, 1.82) is 0 Å². The molecule has 4 rings (SSSR count). The molecule has 0 N–H and O–H groups in total. The average Bonchev–Trinajstić information content (AvgIpc) is 3.06. The lowest BCUT2D eigenvalue weighted by molar-refractivity contribution is -0.174. The maximum atomic E-state index is 12.0. The first-order valence-electron chi connectivity index (χ1n) is 8.94. The molecule has 0 bridgehead atoms. The second-order valence-corrected chi connectivity index (χ2v) is 7.89. The van der Waals surface area contributed by atoms with Crippen LogP contribution in [-0.4, -0.2) is 41.2 Å². The zero-order chi connectivity index (χ0) is 17.8. The van der Waals surface area contributed by atoms with Gasteiger partial charge in [0.25, 0.3) is 0 Å². The van der Waals surface area contributed by atoms with Gasteiger partial charge in [-0.2, -0.15) is 0 Å². The first-order valence-corrected chi connectivity index (χ1v) is 8.94. The molecular formula is C19H25NO5. The molecule has 2 aliphatic heterocycles. The summed E-state index contributed by atoms with van der Waals surface area (Å²) in [6, 6.07) is 3.76. The summed E-state index contributed by atoms with van der Waals surface area (Å²) in [5.41, 5.74) is 2.40. The van der Waals surface area contributed by atoms with Gasteiger partial charge in [0, 0.05) is 12.0 Å². The Balaban J connectivity index is 1.64. The van der Waals surface area contributed by atoms with Gasteiger partial charge in [-0.1, -0.05) is 0 Å². The third-order valence-corrected chi connectivity index (χ3v) is 4.93. The van der Waals surface area contributed by atoms with E-state index >= 15 is 0 Å². The summed E-state index contributed by atoms with van der Waals surface area (Å²) in [5.74, 6) is -1.17. The lowest BCUT2D eigenvalue weighted by atomic mass is 9.93. The number of fused-ring (bicyclic) bond motifs is 1. The Morgan fingerprint density at radius 1 is 1.04 bits per heavy atom. The highest BCUT2D eigenvalue weighted by molar-refractivity contribution is 5.97. The molecule has 1 aromatic rings. The van der Waals surface area contributed by atoms with Crippen molar-refractivity contribution in [2.24, 2.45) is 0 Å². The van der Waals surface area contributed by atoms with Crippen LogP contribution in [0, 0.1) is 0 Å². The van der Waals surface area contributed by atoms with Crippen molar-refractivity contribution in [3.8, 4) is 0 Å². The molecule has 3 atom stereocenters. The minimum Gasteiger partial charge on any atom is -0.348 e. The topological polar surface area (TPSA) is 66.9 Å². The van der Waals surface area contributed by atoms with Crippen LogP contribution in [0.5, 0.6) is 0 Å². The average molecular weight is 347 g/mol. The van der Waals surface area contributed by atoms with Crippen LogP contribution >= 0.6 is 0 Å². The van der Waals surface area contributed by atoms with E-state index < -0.39 is 11.6 Å². The number of Topliss-reactive ketones (excluding diaryl/α,β-unsaturated/α-hetero) is 1. The molecule has 2 fully saturated rings. The van der Waals surface area contributed by atoms with Crippen molar-refractivity contribution in [3.05, 3.63) is 29.1 Å². The van der Waals surface area contributed by atoms with Crippen LogP contribution in [0.25, 0.3) is 0 Å². The van der Waals surface area contributed by atoms with E-state index in [1.54, 1.807) is 0 Å². The fraction of sp³-hybridized carbons (Fsp3) is 0.684. The number of nitrogens with zero attached hydrogens (tertiary/aromatic N) is 1. The molecule has 6 nitrogen and oxygen atoms in total. The largest absolute Gasteiger partial charge is 0.348 e. The van der Waals surface area contributed by atoms with Crippen LogP contribution in [0.15, 0.2) is 12.1 Å². The molecule has 0 amide bonds. The normalized spacial score (nSPS) is 33.4. The number of aryl methyl sites for hydroxylation is 1. The second-order valence-electron chi connectivity index (χ2n) is 7.89. The molecule has 1 aliphatic carbocycles. The number of carbonyl (C=O) groups excluding carboxylic acids is 1. The Hall–Kier alpha value is -1.34. The van der Waals surface area contributed by atoms with E-state index in [4.69, 9.17) is 23.9 Å². The van der Waals surface area contributed by atoms with Gasteiger partial charge in [-0.05, 0) is 52.7 Å². The second kappa shape index (κ2) is 5.84. The minimum absolute atomic E-state index is 0.176. The van der Waals surface area contributed by atoms with Gasteiger partial charge in [0.05, 0.1) is 18.0 Å². The molecule has 1 aromatic heterocycles. The summed E-state index contributed by atoms with van der Waals surface area (Å²) in [6.45, 7) is 8.03. The van der Waals surface area contributed by atoms with E-state index in [0.717, 1.165) is 29.8 Å². The van der Waals surface area contributed by atoms with Crippen LogP contribution in [0.2, 0.25) is 0 Å². The van der Waals surface area contributed by atoms with E-state index in [-0.39, 0.29) is 24.1 Å². The fourth-order valence-corrected chi connectivity index (χ4v) is 3.84. The highest BCUT2D eigenvalue weighted by atomic mass is 16.8. The standard InChI is InChI=1S/C19H25NO5/c1-18(2)22-10-15(23-18)17-16(24-19(3,4)25-17)13-9-8-11-12(20-13)6-5-7-14(11)21/h8-9,15-17H,5-7,10H2,1-4H3/t15-,16-,17-/m0/s1. The predicted octanol–water partition coefficient (Wildman–Crippen LogP) is 2.94. The lowest BCUT2D eigenvalue weighted by Gasteiger charge is -2.24. The third kappa shape index (κ3) is 3.24. The highest BCUT2D eigenvalue weighted by Gasteiger charge is 2.50. The van der Waals surface area contributed by atoms with E-state index in [2.05, 4.69) is 0 Å². The first kappa shape index (κ1) is 17.1. The number of aromatic nitrogens is 1. The summed E-state index contributed by atoms with van der Waals surface area (Å²) in [4.78, 5) is 16.8. The minimum atomic E-state index is -0.723. The van der Waals surface area contributed by atoms with Crippen molar-refractivity contribution in [2.45, 2.75) is 76.8 Å². The number of ketones is 1. The molecule has 0 radical (unpaired) electrons. The molecule has 136 valence electrons. The van der Waals surface area contributed by atoms with Gasteiger partial charge in [0.1, 0.15) is 18.3 Å². The number of hydrogen-bond donors (Lipinski definition) is 0. The number of rotatable bonds is 2. The van der Waals surface area contributed by atoms with Gasteiger partial charge < -0.3 is 18.9 Å². The molecule has 3 heterocycles. The number of pyridine rings is 1.